The summed E-state index contributed by atoms with van der Waals surface area (Å²) in [5.41, 5.74) is 0.172. The molecule has 0 aromatic heterocycles. The van der Waals surface area contributed by atoms with E-state index >= 15 is 0 Å². The molecule has 1 aromatic rings. The lowest BCUT2D eigenvalue weighted by atomic mass is 10.0. The minimum Gasteiger partial charge on any atom is -0.508 e. The first kappa shape index (κ1) is 25.1. The molecule has 0 unspecified atom stereocenters. The number of benzene rings is 1. The van der Waals surface area contributed by atoms with Crippen LogP contribution in [0.1, 0.15) is 107 Å². The third-order valence-corrected chi connectivity index (χ3v) is 5.21. The quantitative estimate of drug-likeness (QED) is 0.162. The van der Waals surface area contributed by atoms with E-state index in [1.54, 1.807) is 0 Å². The van der Waals surface area contributed by atoms with E-state index in [0.29, 0.717) is 6.42 Å². The topological polar surface area (TPSA) is 66.8 Å². The number of phenolic OH excluding ortho intramolecular Hbond substituents is 2. The number of aromatic hydroxyl groups is 2. The summed E-state index contributed by atoms with van der Waals surface area (Å²) in [6.45, 7) is 2.21. The molecule has 164 valence electrons. The van der Waals surface area contributed by atoms with Crippen LogP contribution < -0.4 is 4.74 Å². The number of hydrogen-bond acceptors (Lipinski definition) is 4. The summed E-state index contributed by atoms with van der Waals surface area (Å²) < 4.78 is 5.11. The van der Waals surface area contributed by atoms with Gasteiger partial charge >= 0.3 is 0 Å². The molecule has 0 fully saturated rings. The molecule has 0 amide bonds. The van der Waals surface area contributed by atoms with E-state index in [0.717, 1.165) is 19.3 Å². The Balaban J connectivity index is 2.03. The van der Waals surface area contributed by atoms with E-state index < -0.39 is 0 Å². The number of hydrogen-bond donors (Lipinski definition) is 2. The minimum absolute atomic E-state index is 0.111. The Kier molecular flexibility index (Phi) is 13.7. The van der Waals surface area contributed by atoms with Crippen LogP contribution in [0.2, 0.25) is 0 Å². The largest absolute Gasteiger partial charge is 0.508 e. The standard InChI is InChI=1S/C25H40O4/c1-3-4-5-6-7-8-9-10-11-12-13-14-15-16-17-18-22(27)25-23(28)19-21(26)20-24(25)29-2/h5-6,19-20,26,28H,3-4,7-18H2,1-2H3/b6-5-. The summed E-state index contributed by atoms with van der Waals surface area (Å²) in [5.74, 6) is -0.239. The fourth-order valence-corrected chi connectivity index (χ4v) is 3.52. The van der Waals surface area contributed by atoms with Gasteiger partial charge in [0.25, 0.3) is 0 Å². The fraction of sp³-hybridized carbons (Fsp3) is 0.640. The third-order valence-electron chi connectivity index (χ3n) is 5.21. The van der Waals surface area contributed by atoms with Crippen LogP contribution in [-0.2, 0) is 0 Å². The van der Waals surface area contributed by atoms with Crippen molar-refractivity contribution in [3.05, 3.63) is 29.8 Å². The summed E-state index contributed by atoms with van der Waals surface area (Å²) in [5, 5.41) is 19.4. The van der Waals surface area contributed by atoms with Crippen LogP contribution in [0.4, 0.5) is 0 Å². The molecule has 0 saturated heterocycles. The van der Waals surface area contributed by atoms with Crippen molar-refractivity contribution in [2.75, 3.05) is 7.11 Å². The van der Waals surface area contributed by atoms with Crippen LogP contribution in [0.25, 0.3) is 0 Å². The zero-order valence-electron chi connectivity index (χ0n) is 18.4. The van der Waals surface area contributed by atoms with Crippen LogP contribution in [-0.4, -0.2) is 23.1 Å². The van der Waals surface area contributed by atoms with Gasteiger partial charge in [-0.05, 0) is 25.7 Å². The maximum atomic E-state index is 12.4. The predicted molar refractivity (Wildman–Crippen MR) is 120 cm³/mol. The van der Waals surface area contributed by atoms with Gasteiger partial charge in [0.05, 0.1) is 7.11 Å². The molecular formula is C25H40O4. The number of methoxy groups -OCH3 is 1. The van der Waals surface area contributed by atoms with E-state index in [1.165, 1.54) is 83.5 Å². The number of ether oxygens (including phenoxy) is 1. The Bertz CT molecular complexity index is 607. The van der Waals surface area contributed by atoms with E-state index in [4.69, 9.17) is 4.74 Å². The average Bonchev–Trinajstić information content (AvgIpc) is 2.70. The molecule has 0 spiro atoms. The summed E-state index contributed by atoms with van der Waals surface area (Å²) in [4.78, 5) is 12.4. The number of phenols is 2. The molecular weight excluding hydrogens is 364 g/mol. The van der Waals surface area contributed by atoms with Crippen molar-refractivity contribution in [2.45, 2.75) is 96.8 Å². The van der Waals surface area contributed by atoms with Gasteiger partial charge in [0.1, 0.15) is 22.8 Å². The van der Waals surface area contributed by atoms with Gasteiger partial charge in [-0.1, -0.05) is 76.9 Å². The lowest BCUT2D eigenvalue weighted by Gasteiger charge is -2.10. The van der Waals surface area contributed by atoms with E-state index in [9.17, 15) is 15.0 Å². The average molecular weight is 405 g/mol. The van der Waals surface area contributed by atoms with Crippen LogP contribution in [0.15, 0.2) is 24.3 Å². The second-order valence-corrected chi connectivity index (χ2v) is 7.80. The first-order chi connectivity index (χ1) is 14.1. The van der Waals surface area contributed by atoms with Crippen LogP contribution in [0.3, 0.4) is 0 Å². The van der Waals surface area contributed by atoms with Crippen molar-refractivity contribution >= 4 is 5.78 Å². The molecule has 29 heavy (non-hydrogen) atoms. The highest BCUT2D eigenvalue weighted by Crippen LogP contribution is 2.34. The fourth-order valence-electron chi connectivity index (χ4n) is 3.52. The molecule has 0 aliphatic rings. The molecule has 4 nitrogen and oxygen atoms in total. The molecule has 0 bridgehead atoms. The molecule has 1 rings (SSSR count). The molecule has 0 saturated carbocycles. The highest BCUT2D eigenvalue weighted by Gasteiger charge is 2.18. The second-order valence-electron chi connectivity index (χ2n) is 7.80. The maximum absolute atomic E-state index is 12.4. The maximum Gasteiger partial charge on any atom is 0.170 e. The van der Waals surface area contributed by atoms with E-state index in [-0.39, 0.29) is 28.6 Å². The first-order valence-corrected chi connectivity index (χ1v) is 11.4. The van der Waals surface area contributed by atoms with Crippen LogP contribution in [0.5, 0.6) is 17.2 Å². The molecule has 0 heterocycles. The third kappa shape index (κ3) is 11.0. The van der Waals surface area contributed by atoms with E-state index in [2.05, 4.69) is 19.1 Å². The minimum atomic E-state index is -0.219. The normalized spacial score (nSPS) is 11.2. The van der Waals surface area contributed by atoms with Crippen molar-refractivity contribution in [1.29, 1.82) is 0 Å². The van der Waals surface area contributed by atoms with E-state index in [1.807, 2.05) is 0 Å². The molecule has 0 atom stereocenters. The lowest BCUT2D eigenvalue weighted by molar-refractivity contribution is 0.0973. The van der Waals surface area contributed by atoms with Crippen molar-refractivity contribution in [1.82, 2.24) is 0 Å². The van der Waals surface area contributed by atoms with Gasteiger partial charge in [0, 0.05) is 18.6 Å². The Labute approximate surface area is 177 Å². The Morgan fingerprint density at radius 2 is 1.41 bits per heavy atom. The van der Waals surface area contributed by atoms with Crippen molar-refractivity contribution in [2.24, 2.45) is 0 Å². The smallest absolute Gasteiger partial charge is 0.170 e. The Hall–Kier alpha value is -1.97. The highest BCUT2D eigenvalue weighted by molar-refractivity contribution is 6.01. The summed E-state index contributed by atoms with van der Waals surface area (Å²) in [6, 6.07) is 2.54. The van der Waals surface area contributed by atoms with Gasteiger partial charge in [-0.3, -0.25) is 4.79 Å². The summed E-state index contributed by atoms with van der Waals surface area (Å²) in [6.07, 6.45) is 20.8. The summed E-state index contributed by atoms with van der Waals surface area (Å²) in [7, 11) is 1.43. The molecule has 4 heteroatoms. The van der Waals surface area contributed by atoms with Crippen molar-refractivity contribution in [3.63, 3.8) is 0 Å². The zero-order valence-corrected chi connectivity index (χ0v) is 18.4. The molecule has 1 aromatic carbocycles. The number of carbonyl (C=O) groups excluding carboxylic acids is 1. The number of rotatable bonds is 17. The SMILES string of the molecule is CCC/C=C\CCCCCCCCCCCCC(=O)c1c(O)cc(O)cc1OC. The molecule has 0 aliphatic carbocycles. The first-order valence-electron chi connectivity index (χ1n) is 11.4. The van der Waals surface area contributed by atoms with Gasteiger partial charge in [-0.15, -0.1) is 0 Å². The van der Waals surface area contributed by atoms with Gasteiger partial charge in [0.2, 0.25) is 0 Å². The van der Waals surface area contributed by atoms with Gasteiger partial charge in [0.15, 0.2) is 5.78 Å². The Morgan fingerprint density at radius 1 is 0.862 bits per heavy atom. The monoisotopic (exact) mass is 404 g/mol. The Morgan fingerprint density at radius 3 is 2.00 bits per heavy atom. The van der Waals surface area contributed by atoms with Crippen molar-refractivity contribution in [3.8, 4) is 17.2 Å². The van der Waals surface area contributed by atoms with Gasteiger partial charge in [-0.25, -0.2) is 0 Å². The number of carbonyl (C=O) groups is 1. The zero-order chi connectivity index (χ0) is 21.3. The van der Waals surface area contributed by atoms with Crippen molar-refractivity contribution < 1.29 is 19.7 Å². The number of allylic oxidation sites excluding steroid dienone is 2. The second kappa shape index (κ2) is 15.9. The number of ketones is 1. The van der Waals surface area contributed by atoms with Gasteiger partial charge in [-0.2, -0.15) is 0 Å². The molecule has 0 radical (unpaired) electrons. The van der Waals surface area contributed by atoms with Gasteiger partial charge < -0.3 is 14.9 Å². The lowest BCUT2D eigenvalue weighted by Crippen LogP contribution is -2.03. The van der Waals surface area contributed by atoms with Crippen LogP contribution in [0, 0.1) is 0 Å². The summed E-state index contributed by atoms with van der Waals surface area (Å²) >= 11 is 0. The predicted octanol–water partition coefficient (Wildman–Crippen LogP) is 7.33. The van der Waals surface area contributed by atoms with Crippen LogP contribution >= 0.6 is 0 Å². The molecule has 0 aliphatic heterocycles. The number of Topliss-reactive ketones (excluding diaryl/α,β-unsaturated/α-hetero) is 1. The highest BCUT2D eigenvalue weighted by atomic mass is 16.5. The molecule has 2 N–H and O–H groups in total. The number of unbranched alkanes of at least 4 members (excludes halogenated alkanes) is 11.